The van der Waals surface area contributed by atoms with E-state index in [2.05, 4.69) is 5.32 Å². The molecule has 1 saturated heterocycles. The molecule has 12 heteroatoms. The van der Waals surface area contributed by atoms with Gasteiger partial charge in [0.15, 0.2) is 6.29 Å². The van der Waals surface area contributed by atoms with Gasteiger partial charge < -0.3 is 43.4 Å². The molecule has 1 N–H and O–H groups in total. The Morgan fingerprint density at radius 1 is 0.927 bits per heavy atom. The molecule has 5 atom stereocenters. The van der Waals surface area contributed by atoms with Crippen LogP contribution in [0.1, 0.15) is 39.7 Å². The molecule has 0 spiro atoms. The van der Waals surface area contributed by atoms with Crippen molar-refractivity contribution in [2.24, 2.45) is 5.92 Å². The lowest BCUT2D eigenvalue weighted by atomic mass is 9.87. The topological polar surface area (TPSA) is 131 Å². The van der Waals surface area contributed by atoms with Crippen molar-refractivity contribution in [3.63, 3.8) is 0 Å². The van der Waals surface area contributed by atoms with Crippen molar-refractivity contribution in [1.29, 1.82) is 0 Å². The Morgan fingerprint density at radius 2 is 1.54 bits per heavy atom. The number of hydrogen-bond acceptors (Lipinski definition) is 10. The first-order valence-corrected chi connectivity index (χ1v) is 14.1. The summed E-state index contributed by atoms with van der Waals surface area (Å²) in [6.07, 6.45) is -1.21. The third-order valence-electron chi connectivity index (χ3n) is 6.48. The number of ether oxygens (including phenoxy) is 7. The van der Waals surface area contributed by atoms with Crippen molar-refractivity contribution in [2.45, 2.75) is 65.3 Å². The van der Waals surface area contributed by atoms with Crippen LogP contribution >= 0.6 is 0 Å². The molecule has 0 radical (unpaired) electrons. The summed E-state index contributed by atoms with van der Waals surface area (Å²) >= 11 is 0. The van der Waals surface area contributed by atoms with Crippen LogP contribution in [0.15, 0.2) is 30.3 Å². The summed E-state index contributed by atoms with van der Waals surface area (Å²) in [5.41, 5.74) is 0.933. The summed E-state index contributed by atoms with van der Waals surface area (Å²) in [7, 11) is 1.66. The highest BCUT2D eigenvalue weighted by atomic mass is 16.7. The van der Waals surface area contributed by atoms with E-state index in [0.717, 1.165) is 5.56 Å². The Balaban J connectivity index is 1.54. The van der Waals surface area contributed by atoms with E-state index in [1.807, 2.05) is 44.2 Å². The van der Waals surface area contributed by atoms with Gasteiger partial charge in [-0.05, 0) is 12.0 Å². The summed E-state index contributed by atoms with van der Waals surface area (Å²) in [5.74, 6) is -0.800. The van der Waals surface area contributed by atoms with Crippen LogP contribution in [0.25, 0.3) is 0 Å². The van der Waals surface area contributed by atoms with Crippen molar-refractivity contribution < 1.29 is 47.5 Å². The highest BCUT2D eigenvalue weighted by Crippen LogP contribution is 2.30. The molecule has 2 rings (SSSR count). The maximum atomic E-state index is 12.0. The van der Waals surface area contributed by atoms with Gasteiger partial charge in [0, 0.05) is 33.4 Å². The molecule has 1 aromatic rings. The fourth-order valence-corrected chi connectivity index (χ4v) is 4.33. The SMILES string of the molecule is CC[C@H]1OC(OCCOCCOCCOCCN(C)C(=O)OCc2ccccc2)[C@H](NC(C)=O)[C@@H](OC(C)=O)[C@H]1C. The molecule has 1 heterocycles. The minimum Gasteiger partial charge on any atom is -0.460 e. The number of likely N-dealkylation sites (N-methyl/N-ethyl adjacent to an activating group) is 1. The molecule has 2 amide bonds. The summed E-state index contributed by atoms with van der Waals surface area (Å²) in [5, 5.41) is 2.81. The Hall–Kier alpha value is -2.77. The van der Waals surface area contributed by atoms with Crippen molar-refractivity contribution >= 4 is 18.0 Å². The second kappa shape index (κ2) is 19.4. The molecular weight excluding hydrogens is 536 g/mol. The zero-order chi connectivity index (χ0) is 30.0. The number of amides is 2. The molecule has 0 aromatic heterocycles. The normalized spacial score (nSPS) is 22.1. The predicted molar refractivity (Wildman–Crippen MR) is 149 cm³/mol. The molecule has 41 heavy (non-hydrogen) atoms. The zero-order valence-electron chi connectivity index (χ0n) is 24.9. The molecular formula is C29H46N2O10. The van der Waals surface area contributed by atoms with Crippen molar-refractivity contribution in [2.75, 3.05) is 59.8 Å². The largest absolute Gasteiger partial charge is 0.460 e. The lowest BCUT2D eigenvalue weighted by Gasteiger charge is -2.44. The second-order valence-corrected chi connectivity index (χ2v) is 9.78. The number of nitrogens with zero attached hydrogens (tertiary/aromatic N) is 1. The van der Waals surface area contributed by atoms with Crippen LogP contribution in [0.5, 0.6) is 0 Å². The van der Waals surface area contributed by atoms with Gasteiger partial charge in [0.25, 0.3) is 0 Å². The Bertz CT molecular complexity index is 903. The Morgan fingerprint density at radius 3 is 2.12 bits per heavy atom. The third kappa shape index (κ3) is 13.2. The van der Waals surface area contributed by atoms with Crippen molar-refractivity contribution in [1.82, 2.24) is 10.2 Å². The number of carbonyl (C=O) groups excluding carboxylic acids is 3. The van der Waals surface area contributed by atoms with Crippen LogP contribution in [-0.4, -0.2) is 107 Å². The highest BCUT2D eigenvalue weighted by molar-refractivity contribution is 5.73. The fraction of sp³-hybridized carbons (Fsp3) is 0.690. The first-order valence-electron chi connectivity index (χ1n) is 14.1. The smallest absolute Gasteiger partial charge is 0.409 e. The molecule has 0 saturated carbocycles. The molecule has 232 valence electrons. The van der Waals surface area contributed by atoms with Crippen molar-refractivity contribution in [3.05, 3.63) is 35.9 Å². The third-order valence-corrected chi connectivity index (χ3v) is 6.48. The van der Waals surface area contributed by atoms with Gasteiger partial charge in [0.05, 0.1) is 52.4 Å². The Kier molecular flexibility index (Phi) is 16.3. The molecule has 12 nitrogen and oxygen atoms in total. The van der Waals surface area contributed by atoms with E-state index < -0.39 is 30.5 Å². The van der Waals surface area contributed by atoms with Gasteiger partial charge in [-0.25, -0.2) is 4.79 Å². The number of esters is 1. The first-order chi connectivity index (χ1) is 19.7. The monoisotopic (exact) mass is 582 g/mol. The molecule has 1 fully saturated rings. The average molecular weight is 583 g/mol. The van der Waals surface area contributed by atoms with Crippen LogP contribution < -0.4 is 5.32 Å². The number of benzene rings is 1. The van der Waals surface area contributed by atoms with E-state index >= 15 is 0 Å². The van der Waals surface area contributed by atoms with E-state index in [1.165, 1.54) is 18.7 Å². The quantitative estimate of drug-likeness (QED) is 0.204. The van der Waals surface area contributed by atoms with Gasteiger partial charge in [-0.15, -0.1) is 0 Å². The minimum absolute atomic E-state index is 0.111. The molecule has 1 aliphatic heterocycles. The number of carbonyl (C=O) groups is 3. The van der Waals surface area contributed by atoms with E-state index in [4.69, 9.17) is 33.2 Å². The number of hydrogen-bond donors (Lipinski definition) is 1. The molecule has 0 aliphatic carbocycles. The van der Waals surface area contributed by atoms with Crippen LogP contribution in [0.2, 0.25) is 0 Å². The van der Waals surface area contributed by atoms with E-state index in [9.17, 15) is 14.4 Å². The summed E-state index contributed by atoms with van der Waals surface area (Å²) in [4.78, 5) is 37.0. The predicted octanol–water partition coefficient (Wildman–Crippen LogP) is 2.53. The molecule has 1 aromatic carbocycles. The van der Waals surface area contributed by atoms with E-state index in [0.29, 0.717) is 52.6 Å². The Labute approximate surface area is 242 Å². The maximum Gasteiger partial charge on any atom is 0.409 e. The first kappa shape index (κ1) is 34.4. The lowest BCUT2D eigenvalue weighted by molar-refractivity contribution is -0.255. The van der Waals surface area contributed by atoms with Gasteiger partial charge in [0.2, 0.25) is 5.91 Å². The van der Waals surface area contributed by atoms with Gasteiger partial charge in [0.1, 0.15) is 18.8 Å². The second-order valence-electron chi connectivity index (χ2n) is 9.78. The molecule has 0 bridgehead atoms. The van der Waals surface area contributed by atoms with Crippen LogP contribution in [-0.2, 0) is 49.4 Å². The number of rotatable bonds is 18. The van der Waals surface area contributed by atoms with Crippen LogP contribution in [0, 0.1) is 5.92 Å². The van der Waals surface area contributed by atoms with Gasteiger partial charge >= 0.3 is 12.1 Å². The van der Waals surface area contributed by atoms with Gasteiger partial charge in [-0.1, -0.05) is 44.2 Å². The van der Waals surface area contributed by atoms with Crippen LogP contribution in [0.4, 0.5) is 4.79 Å². The average Bonchev–Trinajstić information content (AvgIpc) is 2.95. The summed E-state index contributed by atoms with van der Waals surface area (Å²) < 4.78 is 39.4. The standard InChI is InChI=1S/C29H46N2O10/c1-6-25-21(2)27(40-23(4)33)26(30-22(3)32)28(41-25)38-19-18-37-17-16-36-15-14-35-13-12-31(5)29(34)39-20-24-10-8-7-9-11-24/h7-11,21,25-28H,6,12-20H2,1-5H3,(H,30,32)/t21-,25+,26+,27-,28?/m0/s1. The maximum absolute atomic E-state index is 12.0. The molecule has 1 unspecified atom stereocenters. The fourth-order valence-electron chi connectivity index (χ4n) is 4.33. The summed E-state index contributed by atoms with van der Waals surface area (Å²) in [6, 6.07) is 8.88. The van der Waals surface area contributed by atoms with Gasteiger partial charge in [-0.2, -0.15) is 0 Å². The van der Waals surface area contributed by atoms with Crippen LogP contribution in [0.3, 0.4) is 0 Å². The lowest BCUT2D eigenvalue weighted by Crippen LogP contribution is -2.62. The molecule has 1 aliphatic rings. The van der Waals surface area contributed by atoms with Crippen molar-refractivity contribution in [3.8, 4) is 0 Å². The number of nitrogens with one attached hydrogen (secondary N) is 1. The zero-order valence-corrected chi connectivity index (χ0v) is 24.9. The van der Waals surface area contributed by atoms with E-state index in [1.54, 1.807) is 7.05 Å². The summed E-state index contributed by atoms with van der Waals surface area (Å²) in [6.45, 7) is 9.72. The minimum atomic E-state index is -0.772. The van der Waals surface area contributed by atoms with Gasteiger partial charge in [-0.3, -0.25) is 9.59 Å². The highest BCUT2D eigenvalue weighted by Gasteiger charge is 2.46. The van der Waals surface area contributed by atoms with E-state index in [-0.39, 0.29) is 31.1 Å².